The van der Waals surface area contributed by atoms with Gasteiger partial charge in [-0.2, -0.15) is 0 Å². The van der Waals surface area contributed by atoms with Crippen LogP contribution >= 0.6 is 0 Å². The maximum absolute atomic E-state index is 11.9. The number of carbonyl (C=O) groups is 1. The zero-order valence-corrected chi connectivity index (χ0v) is 9.75. The molecule has 1 heterocycles. The maximum Gasteiger partial charge on any atom is 0.251 e. The minimum Gasteiger partial charge on any atom is -0.379 e. The van der Waals surface area contributed by atoms with Crippen molar-refractivity contribution in [1.29, 1.82) is 0 Å². The van der Waals surface area contributed by atoms with Gasteiger partial charge in [-0.15, -0.1) is 0 Å². The largest absolute Gasteiger partial charge is 0.379 e. The van der Waals surface area contributed by atoms with Crippen molar-refractivity contribution in [2.45, 2.75) is 26.3 Å². The van der Waals surface area contributed by atoms with E-state index in [4.69, 9.17) is 4.74 Å². The first-order valence-corrected chi connectivity index (χ1v) is 5.62. The number of hydrogen-bond acceptors (Lipinski definition) is 2. The van der Waals surface area contributed by atoms with Gasteiger partial charge in [-0.25, -0.2) is 0 Å². The van der Waals surface area contributed by atoms with Crippen LogP contribution in [0.15, 0.2) is 18.2 Å². The molecule has 0 saturated carbocycles. The first-order chi connectivity index (χ1) is 7.66. The fraction of sp³-hybridized carbons (Fsp3) is 0.462. The summed E-state index contributed by atoms with van der Waals surface area (Å²) < 4.78 is 5.22. The van der Waals surface area contributed by atoms with Crippen LogP contribution in [0.2, 0.25) is 0 Å². The molecule has 1 aromatic carbocycles. The average Bonchev–Trinajstić information content (AvgIpc) is 2.74. The van der Waals surface area contributed by atoms with E-state index in [0.29, 0.717) is 6.61 Å². The summed E-state index contributed by atoms with van der Waals surface area (Å²) in [6, 6.07) is 5.96. The molecule has 1 aliphatic heterocycles. The number of rotatable bonds is 2. The van der Waals surface area contributed by atoms with E-state index in [0.717, 1.165) is 24.2 Å². The Bertz CT molecular complexity index is 395. The Labute approximate surface area is 95.8 Å². The lowest BCUT2D eigenvalue weighted by Gasteiger charge is -2.11. The third-order valence-electron chi connectivity index (χ3n) is 3.03. The highest BCUT2D eigenvalue weighted by molar-refractivity contribution is 5.94. The van der Waals surface area contributed by atoms with Gasteiger partial charge in [-0.3, -0.25) is 4.79 Å². The summed E-state index contributed by atoms with van der Waals surface area (Å²) in [5.41, 5.74) is 3.09. The molecule has 1 saturated heterocycles. The van der Waals surface area contributed by atoms with Crippen LogP contribution in [0.5, 0.6) is 0 Å². The van der Waals surface area contributed by atoms with E-state index in [-0.39, 0.29) is 11.9 Å². The van der Waals surface area contributed by atoms with Gasteiger partial charge in [0.25, 0.3) is 5.91 Å². The lowest BCUT2D eigenvalue weighted by Crippen LogP contribution is -2.35. The second-order valence-electron chi connectivity index (χ2n) is 4.33. The molecule has 1 N–H and O–H groups in total. The first kappa shape index (κ1) is 11.1. The number of hydrogen-bond donors (Lipinski definition) is 1. The summed E-state index contributed by atoms with van der Waals surface area (Å²) in [4.78, 5) is 11.9. The Morgan fingerprint density at radius 3 is 2.81 bits per heavy atom. The number of carbonyl (C=O) groups excluding carboxylic acids is 1. The number of amides is 1. The van der Waals surface area contributed by atoms with Crippen molar-refractivity contribution in [1.82, 2.24) is 5.32 Å². The fourth-order valence-corrected chi connectivity index (χ4v) is 1.80. The van der Waals surface area contributed by atoms with Gasteiger partial charge in [0.15, 0.2) is 0 Å². The second kappa shape index (κ2) is 4.66. The molecule has 0 bridgehead atoms. The van der Waals surface area contributed by atoms with Crippen LogP contribution in [-0.4, -0.2) is 25.2 Å². The van der Waals surface area contributed by atoms with Crippen molar-refractivity contribution in [3.63, 3.8) is 0 Å². The van der Waals surface area contributed by atoms with E-state index in [9.17, 15) is 4.79 Å². The first-order valence-electron chi connectivity index (χ1n) is 5.62. The molecule has 1 amide bonds. The van der Waals surface area contributed by atoms with Crippen LogP contribution in [0, 0.1) is 13.8 Å². The smallest absolute Gasteiger partial charge is 0.251 e. The maximum atomic E-state index is 11.9. The average molecular weight is 219 g/mol. The summed E-state index contributed by atoms with van der Waals surface area (Å²) in [6.07, 6.45) is 0.913. The lowest BCUT2D eigenvalue weighted by atomic mass is 10.1. The van der Waals surface area contributed by atoms with Gasteiger partial charge in [0.1, 0.15) is 0 Å². The highest BCUT2D eigenvalue weighted by Crippen LogP contribution is 2.11. The number of aryl methyl sites for hydroxylation is 2. The molecule has 0 aromatic heterocycles. The van der Waals surface area contributed by atoms with Crippen molar-refractivity contribution >= 4 is 5.91 Å². The van der Waals surface area contributed by atoms with Gasteiger partial charge < -0.3 is 10.1 Å². The molecule has 1 aromatic rings. The van der Waals surface area contributed by atoms with Crippen LogP contribution in [0.1, 0.15) is 27.9 Å². The Hall–Kier alpha value is -1.35. The molecule has 2 rings (SSSR count). The molecule has 1 atom stereocenters. The van der Waals surface area contributed by atoms with Crippen LogP contribution in [-0.2, 0) is 4.74 Å². The number of ether oxygens (including phenoxy) is 1. The summed E-state index contributed by atoms with van der Waals surface area (Å²) in [6.45, 7) is 5.45. The number of benzene rings is 1. The van der Waals surface area contributed by atoms with E-state index in [2.05, 4.69) is 5.32 Å². The fourth-order valence-electron chi connectivity index (χ4n) is 1.80. The van der Waals surface area contributed by atoms with Crippen LogP contribution < -0.4 is 5.32 Å². The minimum absolute atomic E-state index is 0.00130. The standard InChI is InChI=1S/C13H17NO2/c1-9-3-4-11(7-10(9)2)13(15)14-12-5-6-16-8-12/h3-4,7,12H,5-6,8H2,1-2H3,(H,14,15). The zero-order chi connectivity index (χ0) is 11.5. The van der Waals surface area contributed by atoms with Crippen molar-refractivity contribution < 1.29 is 9.53 Å². The van der Waals surface area contributed by atoms with Gasteiger partial charge in [-0.05, 0) is 43.5 Å². The molecule has 1 unspecified atom stereocenters. The Morgan fingerprint density at radius 1 is 1.38 bits per heavy atom. The summed E-state index contributed by atoms with van der Waals surface area (Å²) >= 11 is 0. The van der Waals surface area contributed by atoms with Gasteiger partial charge in [0.05, 0.1) is 12.6 Å². The quantitative estimate of drug-likeness (QED) is 0.824. The zero-order valence-electron chi connectivity index (χ0n) is 9.75. The van der Waals surface area contributed by atoms with Crippen molar-refractivity contribution in [2.24, 2.45) is 0 Å². The van der Waals surface area contributed by atoms with Crippen molar-refractivity contribution in [2.75, 3.05) is 13.2 Å². The van der Waals surface area contributed by atoms with Gasteiger partial charge in [0, 0.05) is 12.2 Å². The third-order valence-corrected chi connectivity index (χ3v) is 3.03. The topological polar surface area (TPSA) is 38.3 Å². The molecule has 0 spiro atoms. The van der Waals surface area contributed by atoms with E-state index in [1.165, 1.54) is 5.56 Å². The van der Waals surface area contributed by atoms with Crippen LogP contribution in [0.3, 0.4) is 0 Å². The summed E-state index contributed by atoms with van der Waals surface area (Å²) in [7, 11) is 0. The van der Waals surface area contributed by atoms with Crippen LogP contribution in [0.25, 0.3) is 0 Å². The normalized spacial score (nSPS) is 19.8. The summed E-state index contributed by atoms with van der Waals surface area (Å²) in [5, 5.41) is 2.98. The van der Waals surface area contributed by atoms with E-state index in [1.54, 1.807) is 0 Å². The molecule has 3 nitrogen and oxygen atoms in total. The Morgan fingerprint density at radius 2 is 2.19 bits per heavy atom. The molecular formula is C13H17NO2. The molecule has 3 heteroatoms. The van der Waals surface area contributed by atoms with E-state index in [1.807, 2.05) is 32.0 Å². The predicted octanol–water partition coefficient (Wildman–Crippen LogP) is 1.82. The molecule has 0 radical (unpaired) electrons. The van der Waals surface area contributed by atoms with E-state index < -0.39 is 0 Å². The second-order valence-corrected chi connectivity index (χ2v) is 4.33. The molecule has 86 valence electrons. The highest BCUT2D eigenvalue weighted by atomic mass is 16.5. The monoisotopic (exact) mass is 219 g/mol. The molecular weight excluding hydrogens is 202 g/mol. The summed E-state index contributed by atoms with van der Waals surface area (Å²) in [5.74, 6) is -0.00130. The number of nitrogens with one attached hydrogen (secondary N) is 1. The van der Waals surface area contributed by atoms with Gasteiger partial charge >= 0.3 is 0 Å². The van der Waals surface area contributed by atoms with Crippen molar-refractivity contribution in [3.8, 4) is 0 Å². The molecule has 0 aliphatic carbocycles. The molecule has 1 aliphatic rings. The van der Waals surface area contributed by atoms with Crippen molar-refractivity contribution in [3.05, 3.63) is 34.9 Å². The highest BCUT2D eigenvalue weighted by Gasteiger charge is 2.18. The minimum atomic E-state index is -0.00130. The van der Waals surface area contributed by atoms with Gasteiger partial charge in [0.2, 0.25) is 0 Å². The van der Waals surface area contributed by atoms with Gasteiger partial charge in [-0.1, -0.05) is 6.07 Å². The third kappa shape index (κ3) is 2.42. The SMILES string of the molecule is Cc1ccc(C(=O)NC2CCOC2)cc1C. The molecule has 16 heavy (non-hydrogen) atoms. The molecule has 1 fully saturated rings. The Kier molecular flexibility index (Phi) is 3.25. The lowest BCUT2D eigenvalue weighted by molar-refractivity contribution is 0.0930. The van der Waals surface area contributed by atoms with E-state index >= 15 is 0 Å². The Balaban J connectivity index is 2.05. The predicted molar refractivity (Wildman–Crippen MR) is 62.6 cm³/mol. The van der Waals surface area contributed by atoms with Crippen LogP contribution in [0.4, 0.5) is 0 Å².